The summed E-state index contributed by atoms with van der Waals surface area (Å²) in [6.45, 7) is 30.6. The summed E-state index contributed by atoms with van der Waals surface area (Å²) in [6.07, 6.45) is 1.95. The third-order valence-electron chi connectivity index (χ3n) is 16.3. The van der Waals surface area contributed by atoms with Crippen LogP contribution in [-0.4, -0.2) is 16.2 Å². The van der Waals surface area contributed by atoms with Crippen molar-refractivity contribution in [2.45, 2.75) is 117 Å². The van der Waals surface area contributed by atoms with Gasteiger partial charge in [0.2, 0.25) is 0 Å². The largest absolute Gasteiger partial charge is 0.457 e. The van der Waals surface area contributed by atoms with Crippen molar-refractivity contribution < 1.29 is 4.74 Å². The highest BCUT2D eigenvalue weighted by Crippen LogP contribution is 2.50. The molecule has 0 N–H and O–H groups in total. The van der Waals surface area contributed by atoms with Crippen LogP contribution in [0, 0.1) is 0 Å². The summed E-state index contributed by atoms with van der Waals surface area (Å²) in [5, 5.41) is 2.42. The average Bonchev–Trinajstić information content (AvgIpc) is 4.13. The molecule has 0 saturated heterocycles. The van der Waals surface area contributed by atoms with E-state index in [2.05, 4.69) is 298 Å². The molecule has 10 aromatic rings. The predicted octanol–water partition coefficient (Wildman–Crippen LogP) is 19.4. The van der Waals surface area contributed by atoms with Crippen molar-refractivity contribution in [3.05, 3.63) is 239 Å². The van der Waals surface area contributed by atoms with E-state index in [9.17, 15) is 0 Å². The van der Waals surface area contributed by atoms with Gasteiger partial charge in [0.25, 0.3) is 0 Å². The molecule has 388 valence electrons. The minimum Gasteiger partial charge on any atom is -0.457 e. The van der Waals surface area contributed by atoms with Crippen LogP contribution in [0.5, 0.6) is 11.5 Å². The summed E-state index contributed by atoms with van der Waals surface area (Å²) in [5.74, 6) is 2.46. The summed E-state index contributed by atoms with van der Waals surface area (Å²) in [7, 11) is 0. The van der Waals surface area contributed by atoms with Gasteiger partial charge in [-0.15, -0.1) is 0 Å². The quantitative estimate of drug-likeness (QED) is 0.137. The molecular formula is C72H74N4O. The van der Waals surface area contributed by atoms with Crippen LogP contribution in [0.15, 0.2) is 200 Å². The summed E-state index contributed by atoms with van der Waals surface area (Å²) in [6, 6.07) is 71.5. The monoisotopic (exact) mass is 1010 g/mol. The number of nitrogens with zero attached hydrogens (tertiary/aromatic N) is 4. The molecule has 77 heavy (non-hydrogen) atoms. The summed E-state index contributed by atoms with van der Waals surface area (Å²) in [4.78, 5) is 10.1. The highest BCUT2D eigenvalue weighted by molar-refractivity contribution is 6.11. The summed E-state index contributed by atoms with van der Waals surface area (Å²) >= 11 is 0. The molecule has 0 bridgehead atoms. The maximum atomic E-state index is 7.42. The minimum absolute atomic E-state index is 0.0484. The van der Waals surface area contributed by atoms with Crippen molar-refractivity contribution >= 4 is 44.6 Å². The normalized spacial score (nSPS) is 13.4. The standard InChI is InChI=1S/C72H74N4O/c1-68(2,3)52-33-34-63-64(42-52)75(47-74(63)56-38-49(48-25-17-14-18-26-48)37-54(39-56)71(10,11)50-27-19-15-20-28-50)57-40-55(72(12,13)51-29-21-16-22-30-51)41-58(44-57)77-59-45-61(70(7,8)9)67-60-31-23-24-32-62(60)76(65(67)46-59)66-43-53(35-36-73-66)69(4,5)6/h14-46H,47H2,1-13H3. The van der Waals surface area contributed by atoms with Gasteiger partial charge < -0.3 is 14.5 Å². The first-order valence-electron chi connectivity index (χ1n) is 27.5. The number of hydrogen-bond acceptors (Lipinski definition) is 4. The fourth-order valence-corrected chi connectivity index (χ4v) is 11.4. The molecule has 11 rings (SSSR count). The number of anilines is 4. The van der Waals surface area contributed by atoms with Gasteiger partial charge in [0, 0.05) is 51.3 Å². The Balaban J connectivity index is 1.11. The summed E-state index contributed by atoms with van der Waals surface area (Å²) in [5.41, 5.74) is 16.8. The van der Waals surface area contributed by atoms with Gasteiger partial charge in [0.05, 0.1) is 22.4 Å². The smallest absolute Gasteiger partial charge is 0.137 e. The van der Waals surface area contributed by atoms with Gasteiger partial charge in [-0.2, -0.15) is 0 Å². The number of aromatic nitrogens is 2. The van der Waals surface area contributed by atoms with E-state index >= 15 is 0 Å². The van der Waals surface area contributed by atoms with Crippen LogP contribution in [0.4, 0.5) is 22.7 Å². The van der Waals surface area contributed by atoms with E-state index in [-0.39, 0.29) is 27.1 Å². The number of ether oxygens (including phenoxy) is 1. The molecule has 5 heteroatoms. The zero-order valence-electron chi connectivity index (χ0n) is 47.5. The maximum absolute atomic E-state index is 7.42. The molecule has 0 spiro atoms. The fraction of sp³-hybridized carbons (Fsp3) is 0.264. The van der Waals surface area contributed by atoms with Crippen LogP contribution >= 0.6 is 0 Å². The number of hydrogen-bond donors (Lipinski definition) is 0. The second kappa shape index (κ2) is 19.0. The molecule has 0 unspecified atom stereocenters. The molecule has 1 aliphatic heterocycles. The average molecular weight is 1010 g/mol. The van der Waals surface area contributed by atoms with Gasteiger partial charge >= 0.3 is 0 Å². The molecule has 0 saturated carbocycles. The Morgan fingerprint density at radius 3 is 1.56 bits per heavy atom. The Hall–Kier alpha value is -7.89. The molecule has 0 amide bonds. The predicted molar refractivity (Wildman–Crippen MR) is 326 cm³/mol. The van der Waals surface area contributed by atoms with E-state index in [4.69, 9.17) is 9.72 Å². The molecule has 3 heterocycles. The van der Waals surface area contributed by atoms with Crippen molar-refractivity contribution in [2.24, 2.45) is 0 Å². The number of benzene rings is 8. The van der Waals surface area contributed by atoms with E-state index in [0.29, 0.717) is 6.67 Å². The van der Waals surface area contributed by atoms with Crippen molar-refractivity contribution in [3.63, 3.8) is 0 Å². The third kappa shape index (κ3) is 9.60. The Labute approximate surface area is 457 Å². The van der Waals surface area contributed by atoms with Gasteiger partial charge in [-0.3, -0.25) is 4.57 Å². The first kappa shape index (κ1) is 51.2. The summed E-state index contributed by atoms with van der Waals surface area (Å²) < 4.78 is 9.76. The first-order chi connectivity index (χ1) is 36.6. The molecule has 8 aromatic carbocycles. The van der Waals surface area contributed by atoms with Crippen LogP contribution in [0.3, 0.4) is 0 Å². The molecule has 0 aliphatic carbocycles. The molecular weight excluding hydrogens is 937 g/mol. The van der Waals surface area contributed by atoms with Gasteiger partial charge in [0.1, 0.15) is 24.0 Å². The van der Waals surface area contributed by atoms with Crippen LogP contribution in [-0.2, 0) is 27.1 Å². The lowest BCUT2D eigenvalue weighted by Crippen LogP contribution is -2.26. The zero-order valence-corrected chi connectivity index (χ0v) is 47.5. The highest BCUT2D eigenvalue weighted by atomic mass is 16.5. The number of fused-ring (bicyclic) bond motifs is 4. The second-order valence-corrected chi connectivity index (χ2v) is 25.5. The topological polar surface area (TPSA) is 33.5 Å². The molecule has 0 radical (unpaired) electrons. The Bertz CT molecular complexity index is 3810. The molecule has 5 nitrogen and oxygen atoms in total. The number of pyridine rings is 1. The van der Waals surface area contributed by atoms with Crippen LogP contribution in [0.2, 0.25) is 0 Å². The SMILES string of the molecule is CC(C)(C)c1ccnc(-n2c3ccccc3c3c(C(C)(C)C)cc(Oc4cc(N5CN(c6cc(-c7ccccc7)cc(C(C)(C)c7ccccc7)c6)c6ccc(C(C)(C)C)cc65)cc(C(C)(C)c5ccccc5)c4)cc32)c1. The fourth-order valence-electron chi connectivity index (χ4n) is 11.4. The third-order valence-corrected chi connectivity index (χ3v) is 16.3. The van der Waals surface area contributed by atoms with Gasteiger partial charge in [-0.1, -0.05) is 211 Å². The van der Waals surface area contributed by atoms with E-state index in [1.54, 1.807) is 0 Å². The Morgan fingerprint density at radius 2 is 0.935 bits per heavy atom. The Morgan fingerprint density at radius 1 is 0.390 bits per heavy atom. The lowest BCUT2D eigenvalue weighted by molar-refractivity contribution is 0.477. The van der Waals surface area contributed by atoms with Crippen molar-refractivity contribution in [2.75, 3.05) is 16.5 Å². The van der Waals surface area contributed by atoms with Crippen LogP contribution in [0.1, 0.15) is 129 Å². The van der Waals surface area contributed by atoms with Crippen molar-refractivity contribution in [1.82, 2.24) is 9.55 Å². The van der Waals surface area contributed by atoms with Gasteiger partial charge in [-0.05, 0) is 127 Å². The number of para-hydroxylation sites is 1. The van der Waals surface area contributed by atoms with E-state index in [1.165, 1.54) is 61.0 Å². The molecule has 1 aliphatic rings. The Kier molecular flexibility index (Phi) is 12.6. The van der Waals surface area contributed by atoms with Gasteiger partial charge in [0.15, 0.2) is 0 Å². The van der Waals surface area contributed by atoms with E-state index in [0.717, 1.165) is 51.0 Å². The second-order valence-electron chi connectivity index (χ2n) is 25.5. The molecule has 0 fully saturated rings. The van der Waals surface area contributed by atoms with Crippen LogP contribution < -0.4 is 14.5 Å². The molecule has 2 aromatic heterocycles. The van der Waals surface area contributed by atoms with Gasteiger partial charge in [-0.25, -0.2) is 4.98 Å². The zero-order chi connectivity index (χ0) is 54.2. The minimum atomic E-state index is -0.372. The van der Waals surface area contributed by atoms with Crippen molar-refractivity contribution in [3.8, 4) is 28.4 Å². The number of rotatable bonds is 10. The van der Waals surface area contributed by atoms with Crippen LogP contribution in [0.25, 0.3) is 38.8 Å². The maximum Gasteiger partial charge on any atom is 0.137 e. The lowest BCUT2D eigenvalue weighted by Gasteiger charge is -2.30. The van der Waals surface area contributed by atoms with Crippen molar-refractivity contribution in [1.29, 1.82) is 0 Å². The van der Waals surface area contributed by atoms with E-state index < -0.39 is 0 Å². The molecule has 0 atom stereocenters. The highest BCUT2D eigenvalue weighted by Gasteiger charge is 2.34. The van der Waals surface area contributed by atoms with E-state index in [1.807, 2.05) is 6.20 Å². The lowest BCUT2D eigenvalue weighted by atomic mass is 9.77. The first-order valence-corrected chi connectivity index (χ1v) is 27.5.